The van der Waals surface area contributed by atoms with E-state index in [0.717, 1.165) is 49.4 Å². The van der Waals surface area contributed by atoms with E-state index in [1.54, 1.807) is 12.1 Å². The summed E-state index contributed by atoms with van der Waals surface area (Å²) in [7, 11) is 0. The maximum absolute atomic E-state index is 12.6. The molecule has 0 atom stereocenters. The van der Waals surface area contributed by atoms with E-state index >= 15 is 0 Å². The Balaban J connectivity index is 1.10. The lowest BCUT2D eigenvalue weighted by Gasteiger charge is -2.36. The minimum absolute atomic E-state index is 0.0781. The summed E-state index contributed by atoms with van der Waals surface area (Å²) in [6, 6.07) is 25.7. The predicted octanol–water partition coefficient (Wildman–Crippen LogP) is 4.26. The van der Waals surface area contributed by atoms with E-state index in [1.165, 1.54) is 5.69 Å². The molecule has 7 nitrogen and oxygen atoms in total. The second-order valence-electron chi connectivity index (χ2n) is 8.72. The Labute approximate surface area is 205 Å². The van der Waals surface area contributed by atoms with Gasteiger partial charge >= 0.3 is 0 Å². The highest BCUT2D eigenvalue weighted by Crippen LogP contribution is 2.26. The van der Waals surface area contributed by atoms with Gasteiger partial charge in [0.2, 0.25) is 11.8 Å². The van der Waals surface area contributed by atoms with Crippen LogP contribution in [0.5, 0.6) is 0 Å². The highest BCUT2D eigenvalue weighted by molar-refractivity contribution is 5.94. The number of hydrogen-bond donors (Lipinski definition) is 1. The average molecular weight is 468 g/mol. The molecule has 1 saturated heterocycles. The Morgan fingerprint density at radius 1 is 0.857 bits per heavy atom. The van der Waals surface area contributed by atoms with Crippen LogP contribution in [0.15, 0.2) is 83.3 Å². The van der Waals surface area contributed by atoms with Crippen LogP contribution in [0.25, 0.3) is 22.9 Å². The highest BCUT2D eigenvalue weighted by Gasteiger charge is 2.17. The van der Waals surface area contributed by atoms with E-state index in [-0.39, 0.29) is 5.91 Å². The maximum Gasteiger partial charge on any atom is 0.251 e. The summed E-state index contributed by atoms with van der Waals surface area (Å²) < 4.78 is 5.87. The molecule has 1 amide bonds. The molecule has 0 unspecified atom stereocenters. The van der Waals surface area contributed by atoms with Crippen molar-refractivity contribution in [3.63, 3.8) is 0 Å². The molecule has 1 aliphatic rings. The molecule has 0 spiro atoms. The largest absolute Gasteiger partial charge is 0.416 e. The van der Waals surface area contributed by atoms with Crippen LogP contribution in [0, 0.1) is 6.92 Å². The summed E-state index contributed by atoms with van der Waals surface area (Å²) in [4.78, 5) is 17.4. The molecule has 1 fully saturated rings. The second-order valence-corrected chi connectivity index (χ2v) is 8.72. The Morgan fingerprint density at radius 2 is 1.54 bits per heavy atom. The third-order valence-electron chi connectivity index (χ3n) is 6.40. The van der Waals surface area contributed by atoms with Crippen LogP contribution < -0.4 is 10.2 Å². The van der Waals surface area contributed by atoms with E-state index in [0.29, 0.717) is 23.9 Å². The van der Waals surface area contributed by atoms with Gasteiger partial charge in [-0.15, -0.1) is 10.2 Å². The Bertz CT molecular complexity index is 1260. The number of nitrogens with one attached hydrogen (secondary N) is 1. The predicted molar refractivity (Wildman–Crippen MR) is 137 cm³/mol. The quantitative estimate of drug-likeness (QED) is 0.438. The van der Waals surface area contributed by atoms with Gasteiger partial charge in [0.05, 0.1) is 0 Å². The van der Waals surface area contributed by atoms with Gasteiger partial charge in [0.25, 0.3) is 5.91 Å². The second kappa shape index (κ2) is 10.5. The lowest BCUT2D eigenvalue weighted by molar-refractivity contribution is 0.0948. The third kappa shape index (κ3) is 5.41. The monoisotopic (exact) mass is 467 g/mol. The van der Waals surface area contributed by atoms with E-state index in [1.807, 2.05) is 49.4 Å². The average Bonchev–Trinajstić information content (AvgIpc) is 3.40. The molecule has 0 radical (unpaired) electrons. The molecule has 35 heavy (non-hydrogen) atoms. The summed E-state index contributed by atoms with van der Waals surface area (Å²) in [5, 5.41) is 11.4. The van der Waals surface area contributed by atoms with Crippen molar-refractivity contribution < 1.29 is 9.21 Å². The summed E-state index contributed by atoms with van der Waals surface area (Å²) in [5.41, 5.74) is 4.67. The number of benzene rings is 3. The van der Waals surface area contributed by atoms with Gasteiger partial charge in [-0.05, 0) is 55.0 Å². The van der Waals surface area contributed by atoms with Gasteiger partial charge < -0.3 is 14.6 Å². The fourth-order valence-corrected chi connectivity index (χ4v) is 4.32. The zero-order valence-electron chi connectivity index (χ0n) is 19.9. The zero-order chi connectivity index (χ0) is 24.0. The molecular formula is C28H29N5O2. The molecule has 7 heteroatoms. The lowest BCUT2D eigenvalue weighted by atomic mass is 10.1. The number of aryl methyl sites for hydroxylation is 1. The van der Waals surface area contributed by atoms with Crippen LogP contribution in [0.2, 0.25) is 0 Å². The van der Waals surface area contributed by atoms with Crippen molar-refractivity contribution in [2.45, 2.75) is 6.92 Å². The van der Waals surface area contributed by atoms with Gasteiger partial charge in [-0.1, -0.05) is 36.4 Å². The molecule has 1 N–H and O–H groups in total. The number of nitrogens with zero attached hydrogens (tertiary/aromatic N) is 4. The maximum atomic E-state index is 12.6. The number of hydrogen-bond acceptors (Lipinski definition) is 6. The number of anilines is 1. The molecule has 5 rings (SSSR count). The molecule has 3 aromatic carbocycles. The van der Waals surface area contributed by atoms with Crippen molar-refractivity contribution in [3.05, 3.63) is 90.0 Å². The fraction of sp³-hybridized carbons (Fsp3) is 0.250. The number of rotatable bonds is 7. The van der Waals surface area contributed by atoms with Crippen molar-refractivity contribution >= 4 is 11.6 Å². The zero-order valence-corrected chi connectivity index (χ0v) is 19.9. The molecule has 0 aliphatic carbocycles. The number of para-hydroxylation sites is 1. The summed E-state index contributed by atoms with van der Waals surface area (Å²) >= 11 is 0. The first-order chi connectivity index (χ1) is 17.2. The summed E-state index contributed by atoms with van der Waals surface area (Å²) in [6.07, 6.45) is 0. The van der Waals surface area contributed by atoms with Gasteiger partial charge in [0, 0.05) is 61.6 Å². The number of piperazine rings is 1. The van der Waals surface area contributed by atoms with Crippen LogP contribution in [0.3, 0.4) is 0 Å². The minimum atomic E-state index is -0.0781. The van der Waals surface area contributed by atoms with E-state index in [4.69, 9.17) is 4.42 Å². The molecule has 1 aromatic heterocycles. The van der Waals surface area contributed by atoms with Gasteiger partial charge in [0.15, 0.2) is 0 Å². The van der Waals surface area contributed by atoms with Gasteiger partial charge in [0.1, 0.15) is 0 Å². The van der Waals surface area contributed by atoms with Crippen LogP contribution in [-0.4, -0.2) is 60.3 Å². The van der Waals surface area contributed by atoms with Gasteiger partial charge in [-0.2, -0.15) is 0 Å². The van der Waals surface area contributed by atoms with Gasteiger partial charge in [-0.25, -0.2) is 0 Å². The van der Waals surface area contributed by atoms with Crippen molar-refractivity contribution in [3.8, 4) is 22.9 Å². The van der Waals surface area contributed by atoms with Crippen LogP contribution in [-0.2, 0) is 0 Å². The summed E-state index contributed by atoms with van der Waals surface area (Å²) in [6.45, 7) is 7.46. The molecule has 2 heterocycles. The number of carbonyl (C=O) groups excluding carboxylic acids is 1. The Morgan fingerprint density at radius 3 is 2.29 bits per heavy atom. The topological polar surface area (TPSA) is 74.5 Å². The molecule has 0 bridgehead atoms. The molecule has 0 saturated carbocycles. The fourth-order valence-electron chi connectivity index (χ4n) is 4.32. The van der Waals surface area contributed by atoms with Crippen molar-refractivity contribution in [1.82, 2.24) is 20.4 Å². The number of amides is 1. The number of aromatic nitrogens is 2. The van der Waals surface area contributed by atoms with E-state index in [9.17, 15) is 4.79 Å². The highest BCUT2D eigenvalue weighted by atomic mass is 16.4. The first kappa shape index (κ1) is 22.8. The van der Waals surface area contributed by atoms with Crippen molar-refractivity contribution in [1.29, 1.82) is 0 Å². The SMILES string of the molecule is Cc1ccccc1-c1nnc(-c2ccc(C(=O)NCCN3CCN(c4ccccc4)CC3)cc2)o1. The van der Waals surface area contributed by atoms with Gasteiger partial charge in [-0.3, -0.25) is 9.69 Å². The molecule has 4 aromatic rings. The van der Waals surface area contributed by atoms with E-state index < -0.39 is 0 Å². The van der Waals surface area contributed by atoms with Crippen molar-refractivity contribution in [2.24, 2.45) is 0 Å². The molecule has 1 aliphatic heterocycles. The number of carbonyl (C=O) groups is 1. The Hall–Kier alpha value is -3.97. The van der Waals surface area contributed by atoms with Crippen molar-refractivity contribution in [2.75, 3.05) is 44.2 Å². The smallest absolute Gasteiger partial charge is 0.251 e. The van der Waals surface area contributed by atoms with Crippen LogP contribution >= 0.6 is 0 Å². The minimum Gasteiger partial charge on any atom is -0.416 e. The molecular weight excluding hydrogens is 438 g/mol. The normalized spacial score (nSPS) is 14.1. The first-order valence-corrected chi connectivity index (χ1v) is 12.0. The standard InChI is InChI=1S/C28H29N5O2/c1-21-7-5-6-10-25(21)28-31-30-27(35-28)23-13-11-22(12-14-23)26(34)29-15-16-32-17-19-33(20-18-32)24-8-3-2-4-9-24/h2-14H,15-20H2,1H3,(H,29,34). The van der Waals surface area contributed by atoms with E-state index in [2.05, 4.69) is 49.6 Å². The third-order valence-corrected chi connectivity index (χ3v) is 6.40. The van der Waals surface area contributed by atoms with Crippen LogP contribution in [0.4, 0.5) is 5.69 Å². The summed E-state index contributed by atoms with van der Waals surface area (Å²) in [5.74, 6) is 0.847. The van der Waals surface area contributed by atoms with Crippen LogP contribution in [0.1, 0.15) is 15.9 Å². The first-order valence-electron chi connectivity index (χ1n) is 12.0. The molecule has 178 valence electrons. The lowest BCUT2D eigenvalue weighted by Crippen LogP contribution is -2.48. The Kier molecular flexibility index (Phi) is 6.86.